The Morgan fingerprint density at radius 2 is 2.33 bits per heavy atom. The first-order valence-corrected chi connectivity index (χ1v) is 9.92. The van der Waals surface area contributed by atoms with Gasteiger partial charge >= 0.3 is 0 Å². The van der Waals surface area contributed by atoms with Crippen molar-refractivity contribution >= 4 is 29.1 Å². The van der Waals surface area contributed by atoms with Gasteiger partial charge in [-0.1, -0.05) is 6.92 Å². The molecule has 118 valence electrons. The number of aryl methyl sites for hydroxylation is 1. The number of thioether (sulfide) groups is 1. The largest absolute Gasteiger partial charge is 0.357 e. The molecule has 4 nitrogen and oxygen atoms in total. The molecule has 2 N–H and O–H groups in total. The van der Waals surface area contributed by atoms with Gasteiger partial charge in [0.1, 0.15) is 0 Å². The second-order valence-electron chi connectivity index (χ2n) is 5.29. The molecule has 1 aliphatic carbocycles. The predicted molar refractivity (Wildman–Crippen MR) is 94.4 cm³/mol. The maximum Gasteiger partial charge on any atom is 0.191 e. The van der Waals surface area contributed by atoms with Gasteiger partial charge in [-0.3, -0.25) is 0 Å². The Balaban J connectivity index is 1.89. The zero-order valence-corrected chi connectivity index (χ0v) is 14.8. The van der Waals surface area contributed by atoms with Gasteiger partial charge in [0.05, 0.1) is 17.2 Å². The molecule has 0 saturated heterocycles. The van der Waals surface area contributed by atoms with Crippen LogP contribution in [0.15, 0.2) is 10.4 Å². The number of nitrogens with one attached hydrogen (secondary N) is 2. The van der Waals surface area contributed by atoms with Gasteiger partial charge in [0.25, 0.3) is 0 Å². The molecule has 2 unspecified atom stereocenters. The molecule has 21 heavy (non-hydrogen) atoms. The molecule has 0 spiro atoms. The minimum Gasteiger partial charge on any atom is -0.357 e. The molecule has 0 aromatic carbocycles. The molecule has 0 aliphatic heterocycles. The molecule has 1 saturated carbocycles. The average Bonchev–Trinajstić information content (AvgIpc) is 3.13. The zero-order valence-electron chi connectivity index (χ0n) is 13.2. The molecule has 0 radical (unpaired) electrons. The molecule has 2 rings (SSSR count). The van der Waals surface area contributed by atoms with E-state index in [-0.39, 0.29) is 0 Å². The number of aliphatic imine (C=N–C) groups is 1. The lowest BCUT2D eigenvalue weighted by atomic mass is 10.2. The van der Waals surface area contributed by atoms with Gasteiger partial charge in [-0.25, -0.2) is 9.98 Å². The summed E-state index contributed by atoms with van der Waals surface area (Å²) in [5.41, 5.74) is 1.07. The quantitative estimate of drug-likeness (QED) is 0.623. The minimum atomic E-state index is 0.557. The Morgan fingerprint density at radius 1 is 1.48 bits per heavy atom. The molecule has 1 aromatic rings. The summed E-state index contributed by atoms with van der Waals surface area (Å²) in [5.74, 6) is 0.926. The van der Waals surface area contributed by atoms with Gasteiger partial charge < -0.3 is 10.6 Å². The fraction of sp³-hybridized carbons (Fsp3) is 0.733. The molecule has 1 fully saturated rings. The lowest BCUT2D eigenvalue weighted by molar-refractivity contribution is 0.615. The number of aromatic nitrogens is 1. The molecule has 1 aromatic heterocycles. The topological polar surface area (TPSA) is 49.3 Å². The first kappa shape index (κ1) is 16.6. The summed E-state index contributed by atoms with van der Waals surface area (Å²) >= 11 is 3.71. The lowest BCUT2D eigenvalue weighted by Gasteiger charge is -2.17. The molecule has 1 heterocycles. The van der Waals surface area contributed by atoms with Crippen LogP contribution in [-0.2, 0) is 13.0 Å². The van der Waals surface area contributed by atoms with Crippen molar-refractivity contribution in [1.29, 1.82) is 0 Å². The maximum absolute atomic E-state index is 4.68. The average molecular weight is 327 g/mol. The molecule has 0 bridgehead atoms. The van der Waals surface area contributed by atoms with Crippen LogP contribution in [0.3, 0.4) is 0 Å². The first-order valence-electron chi connectivity index (χ1n) is 7.76. The molecular weight excluding hydrogens is 300 g/mol. The molecular formula is C15H26N4S2. The maximum atomic E-state index is 4.68. The van der Waals surface area contributed by atoms with Crippen LogP contribution in [0.25, 0.3) is 0 Å². The van der Waals surface area contributed by atoms with Crippen LogP contribution >= 0.6 is 23.1 Å². The van der Waals surface area contributed by atoms with Gasteiger partial charge in [-0.05, 0) is 38.9 Å². The van der Waals surface area contributed by atoms with Crippen molar-refractivity contribution < 1.29 is 0 Å². The number of nitrogens with zero attached hydrogens (tertiary/aromatic N) is 2. The number of hydrogen-bond acceptors (Lipinski definition) is 4. The van der Waals surface area contributed by atoms with Crippen LogP contribution in [0, 0.1) is 0 Å². The number of thiazole rings is 1. The van der Waals surface area contributed by atoms with Crippen LogP contribution in [0.5, 0.6) is 0 Å². The summed E-state index contributed by atoms with van der Waals surface area (Å²) in [6.45, 7) is 5.79. The van der Waals surface area contributed by atoms with E-state index in [1.807, 2.05) is 11.8 Å². The Kier molecular flexibility index (Phi) is 6.83. The van der Waals surface area contributed by atoms with Gasteiger partial charge in [-0.2, -0.15) is 11.8 Å². The van der Waals surface area contributed by atoms with Gasteiger partial charge in [-0.15, -0.1) is 11.3 Å². The van der Waals surface area contributed by atoms with Crippen LogP contribution < -0.4 is 10.6 Å². The number of hydrogen-bond donors (Lipinski definition) is 2. The number of rotatable bonds is 6. The molecule has 6 heteroatoms. The third-order valence-corrected chi connectivity index (χ3v) is 5.84. The Labute approximate surface area is 136 Å². The van der Waals surface area contributed by atoms with E-state index in [9.17, 15) is 0 Å². The van der Waals surface area contributed by atoms with Gasteiger partial charge in [0, 0.05) is 23.2 Å². The van der Waals surface area contributed by atoms with Crippen LogP contribution in [0.2, 0.25) is 0 Å². The van der Waals surface area contributed by atoms with Crippen molar-refractivity contribution in [1.82, 2.24) is 15.6 Å². The smallest absolute Gasteiger partial charge is 0.191 e. The van der Waals surface area contributed by atoms with Crippen molar-refractivity contribution in [2.75, 3.05) is 12.8 Å². The number of guanidine groups is 1. The molecule has 1 aliphatic rings. The van der Waals surface area contributed by atoms with Crippen LogP contribution in [0.4, 0.5) is 0 Å². The Hall–Kier alpha value is -0.750. The van der Waals surface area contributed by atoms with E-state index in [4.69, 9.17) is 0 Å². The van der Waals surface area contributed by atoms with Crippen LogP contribution in [0.1, 0.15) is 43.8 Å². The van der Waals surface area contributed by atoms with Crippen molar-refractivity contribution in [3.05, 3.63) is 16.1 Å². The van der Waals surface area contributed by atoms with Crippen LogP contribution in [-0.4, -0.2) is 35.0 Å². The fourth-order valence-electron chi connectivity index (χ4n) is 2.54. The monoisotopic (exact) mass is 326 g/mol. The molecule has 0 amide bonds. The predicted octanol–water partition coefficient (Wildman–Crippen LogP) is 3.04. The van der Waals surface area contributed by atoms with Gasteiger partial charge in [0.2, 0.25) is 0 Å². The van der Waals surface area contributed by atoms with Crippen molar-refractivity contribution in [3.63, 3.8) is 0 Å². The van der Waals surface area contributed by atoms with Crippen molar-refractivity contribution in [3.8, 4) is 0 Å². The third kappa shape index (κ3) is 5.18. The van der Waals surface area contributed by atoms with E-state index in [2.05, 4.69) is 46.1 Å². The zero-order chi connectivity index (χ0) is 15.1. The summed E-state index contributed by atoms with van der Waals surface area (Å²) in [7, 11) is 0. The lowest BCUT2D eigenvalue weighted by Crippen LogP contribution is -2.42. The van der Waals surface area contributed by atoms with E-state index in [1.165, 1.54) is 24.3 Å². The highest BCUT2D eigenvalue weighted by molar-refractivity contribution is 7.99. The van der Waals surface area contributed by atoms with E-state index in [1.54, 1.807) is 11.3 Å². The highest BCUT2D eigenvalue weighted by atomic mass is 32.2. The minimum absolute atomic E-state index is 0.557. The third-order valence-electron chi connectivity index (χ3n) is 3.70. The summed E-state index contributed by atoms with van der Waals surface area (Å²) < 4.78 is 0. The summed E-state index contributed by atoms with van der Waals surface area (Å²) in [5, 5.41) is 11.0. The van der Waals surface area contributed by atoms with E-state index < -0.39 is 0 Å². The SMILES string of the molecule is CCNC(=NCc1csc(CC)n1)NC1CCC(SC)C1. The van der Waals surface area contributed by atoms with Crippen molar-refractivity contribution in [2.24, 2.45) is 4.99 Å². The second kappa shape index (κ2) is 8.63. The van der Waals surface area contributed by atoms with E-state index in [0.717, 1.165) is 29.9 Å². The summed E-state index contributed by atoms with van der Waals surface area (Å²) in [6, 6.07) is 0.557. The van der Waals surface area contributed by atoms with E-state index >= 15 is 0 Å². The first-order chi connectivity index (χ1) is 10.2. The van der Waals surface area contributed by atoms with Gasteiger partial charge in [0.15, 0.2) is 5.96 Å². The Morgan fingerprint density at radius 3 is 2.95 bits per heavy atom. The highest BCUT2D eigenvalue weighted by Gasteiger charge is 2.24. The summed E-state index contributed by atoms with van der Waals surface area (Å²) in [4.78, 5) is 9.25. The second-order valence-corrected chi connectivity index (χ2v) is 7.37. The van der Waals surface area contributed by atoms with E-state index in [0.29, 0.717) is 12.6 Å². The fourth-order valence-corrected chi connectivity index (χ4v) is 4.08. The molecule has 2 atom stereocenters. The standard InChI is InChI=1S/C15H26N4S2/c1-4-14-18-12(10-21-14)9-17-15(16-5-2)19-11-6-7-13(8-11)20-3/h10-11,13H,4-9H2,1-3H3,(H2,16,17,19). The van der Waals surface area contributed by atoms with Crippen molar-refractivity contribution in [2.45, 2.75) is 57.4 Å². The normalized spacial score (nSPS) is 22.5. The summed E-state index contributed by atoms with van der Waals surface area (Å²) in [6.07, 6.45) is 7.00. The Bertz CT molecular complexity index is 458. The highest BCUT2D eigenvalue weighted by Crippen LogP contribution is 2.28.